The van der Waals surface area contributed by atoms with Gasteiger partial charge in [0.15, 0.2) is 0 Å². The number of H-pyrrole nitrogens is 1. The Morgan fingerprint density at radius 3 is 2.24 bits per heavy atom. The molecule has 3 aliphatic rings. The maximum atomic E-state index is 14.8. The van der Waals surface area contributed by atoms with Crippen molar-refractivity contribution < 1.29 is 67.8 Å². The van der Waals surface area contributed by atoms with Crippen LogP contribution in [0.1, 0.15) is 71.3 Å². The summed E-state index contributed by atoms with van der Waals surface area (Å²) in [6, 6.07) is -5.89. The number of nitrogens with two attached hydrogens (primary N) is 1. The number of aliphatic hydroxyl groups excluding tert-OH is 3. The molecular weight excluding hydrogens is 951 g/mol. The molecule has 0 saturated carbocycles. The minimum Gasteiger partial charge on any atom is -0.508 e. The summed E-state index contributed by atoms with van der Waals surface area (Å²) in [5, 5.41) is 62.4. The van der Waals surface area contributed by atoms with Gasteiger partial charge in [0.1, 0.15) is 47.0 Å². The zero-order valence-electron chi connectivity index (χ0n) is 39.9. The average Bonchev–Trinajstić information content (AvgIpc) is 3.91. The van der Waals surface area contributed by atoms with Crippen LogP contribution in [0.15, 0.2) is 23.2 Å². The zero-order chi connectivity index (χ0) is 52.1. The summed E-state index contributed by atoms with van der Waals surface area (Å²) in [5.41, 5.74) is 5.85. The van der Waals surface area contributed by atoms with Crippen LogP contribution < -0.4 is 48.3 Å². The van der Waals surface area contributed by atoms with Crippen LogP contribution in [0.5, 0.6) is 5.75 Å². The van der Waals surface area contributed by atoms with Crippen LogP contribution in [-0.2, 0) is 60.4 Å². The molecule has 3 aliphatic heterocycles. The monoisotopic (exact) mass is 1020 g/mol. The largest absolute Gasteiger partial charge is 0.508 e. The van der Waals surface area contributed by atoms with Crippen LogP contribution in [0.2, 0.25) is 0 Å². The molecule has 1 saturated heterocycles. The number of carbonyl (C=O) groups is 9. The summed E-state index contributed by atoms with van der Waals surface area (Å²) in [6.45, 7) is 2.50. The number of nitrogens with zero attached hydrogens (tertiary/aromatic N) is 1. The number of aliphatic hydroxyl groups is 3. The summed E-state index contributed by atoms with van der Waals surface area (Å²) in [7, 11) is -2.39. The molecule has 71 heavy (non-hydrogen) atoms. The number of rotatable bonds is 13. The number of phenols is 1. The molecular formula is C45H67N11O14S. The van der Waals surface area contributed by atoms with Crippen molar-refractivity contribution in [2.45, 2.75) is 126 Å². The Bertz CT molecular complexity index is 2330. The standard InChI is InChI=1S/C45H67N11O14S/c1-4-22(2)37-42(67)49-17-35(62)50-31-21-71(70)44-27(26-10-9-24(58)13-28(26)53-44)15-29(39(64)48-18-36(63)54-37)51-43(68)38(23(3)33(60)20-57)55-41(66)32-14-25(59)19-56(32)45(69)30(52-40(31)65)16-34(61)47-12-8-6-5-7-11-46/h9-10,13,22-23,25,29-33,37-38,53,57-60H,4-8,11-12,14-21,46H2,1-3H3,(H,47,61)(H,48,64)(H,49,67)(H,50,62)(H,51,68)(H,52,65)(H,54,63)(H,55,66). The predicted molar refractivity (Wildman–Crippen MR) is 254 cm³/mol. The second-order valence-electron chi connectivity index (χ2n) is 18.2. The molecule has 25 nitrogen and oxygen atoms in total. The summed E-state index contributed by atoms with van der Waals surface area (Å²) in [5.74, 6) is -11.5. The molecule has 1 fully saturated rings. The van der Waals surface area contributed by atoms with Crippen molar-refractivity contribution >= 4 is 74.9 Å². The Kier molecular flexibility index (Phi) is 20.2. The first-order valence-electron chi connectivity index (χ1n) is 23.8. The van der Waals surface area contributed by atoms with Gasteiger partial charge in [-0.1, -0.05) is 40.0 Å². The zero-order valence-corrected chi connectivity index (χ0v) is 40.7. The highest BCUT2D eigenvalue weighted by Gasteiger charge is 2.45. The predicted octanol–water partition coefficient (Wildman–Crippen LogP) is -4.77. The first kappa shape index (κ1) is 55.7. The maximum Gasteiger partial charge on any atom is 0.246 e. The van der Waals surface area contributed by atoms with Crippen molar-refractivity contribution in [3.8, 4) is 5.75 Å². The van der Waals surface area contributed by atoms with Gasteiger partial charge in [-0.25, -0.2) is 0 Å². The van der Waals surface area contributed by atoms with E-state index in [2.05, 4.69) is 47.5 Å². The topological polar surface area (TPSA) is 393 Å². The quantitative estimate of drug-likeness (QED) is 0.0838. The smallest absolute Gasteiger partial charge is 0.246 e. The summed E-state index contributed by atoms with van der Waals surface area (Å²) < 4.78 is 14.8. The van der Waals surface area contributed by atoms with Crippen LogP contribution in [0, 0.1) is 11.8 Å². The normalized spacial score (nSPS) is 26.8. The molecule has 0 aliphatic carbocycles. The lowest BCUT2D eigenvalue weighted by Gasteiger charge is -2.33. The summed E-state index contributed by atoms with van der Waals surface area (Å²) >= 11 is 0. The Morgan fingerprint density at radius 1 is 0.859 bits per heavy atom. The number of phenolic OH excluding ortho intramolecular Hbond substituents is 1. The van der Waals surface area contributed by atoms with Crippen molar-refractivity contribution in [1.29, 1.82) is 0 Å². The first-order chi connectivity index (χ1) is 33.8. The molecule has 0 radical (unpaired) electrons. The third-order valence-electron chi connectivity index (χ3n) is 13.0. The van der Waals surface area contributed by atoms with E-state index in [-0.39, 0.29) is 33.8 Å². The third kappa shape index (κ3) is 14.7. The number of aromatic nitrogens is 1. The molecule has 15 N–H and O–H groups in total. The number of amides is 9. The van der Waals surface area contributed by atoms with Crippen molar-refractivity contribution in [2.75, 3.05) is 45.1 Å². The number of hydrogen-bond acceptors (Lipinski definition) is 15. The van der Waals surface area contributed by atoms with E-state index in [9.17, 15) is 67.8 Å². The van der Waals surface area contributed by atoms with Crippen LogP contribution in [-0.4, -0.2) is 181 Å². The van der Waals surface area contributed by atoms with Crippen LogP contribution >= 0.6 is 0 Å². The molecule has 392 valence electrons. The van der Waals surface area contributed by atoms with Gasteiger partial charge in [0, 0.05) is 43.3 Å². The van der Waals surface area contributed by atoms with E-state index < -0.39 is 176 Å². The summed E-state index contributed by atoms with van der Waals surface area (Å²) in [4.78, 5) is 131. The number of aromatic hydroxyl groups is 1. The van der Waals surface area contributed by atoms with Gasteiger partial charge >= 0.3 is 0 Å². The van der Waals surface area contributed by atoms with Crippen LogP contribution in [0.4, 0.5) is 0 Å². The highest BCUT2D eigenvalue weighted by molar-refractivity contribution is 7.85. The fourth-order valence-corrected chi connectivity index (χ4v) is 10.0. The van der Waals surface area contributed by atoms with E-state index in [1.54, 1.807) is 13.8 Å². The van der Waals surface area contributed by atoms with Crippen molar-refractivity contribution in [2.24, 2.45) is 17.6 Å². The Hall–Kier alpha value is -6.22. The SMILES string of the molecule is CCC(C)C1NC(=O)CNC(=O)C2Cc3c([nH]c4cc(O)ccc34)S(=O)CC(NC(=O)CNC1=O)C(=O)NC(CC(=O)NCCCCCCN)C(=O)N1CC(O)CC1C(=O)NC(C(C)C(O)CO)C(=O)N2. The minimum absolute atomic E-state index is 0.0902. The van der Waals surface area contributed by atoms with E-state index in [1.165, 1.54) is 25.1 Å². The lowest BCUT2D eigenvalue weighted by Crippen LogP contribution is -2.62. The number of fused-ring (bicyclic) bond motifs is 5. The number of benzene rings is 1. The number of aromatic amines is 1. The fourth-order valence-electron chi connectivity index (χ4n) is 8.61. The van der Waals surface area contributed by atoms with Crippen LogP contribution in [0.25, 0.3) is 10.9 Å². The Labute approximate surface area is 411 Å². The van der Waals surface area contributed by atoms with E-state index >= 15 is 0 Å². The van der Waals surface area contributed by atoms with Gasteiger partial charge in [0.25, 0.3) is 0 Å². The number of carbonyl (C=O) groups excluding carboxylic acids is 9. The Morgan fingerprint density at radius 2 is 1.55 bits per heavy atom. The molecule has 2 bridgehead atoms. The highest BCUT2D eigenvalue weighted by Crippen LogP contribution is 2.30. The number of nitrogens with one attached hydrogen (secondary N) is 9. The first-order valence-corrected chi connectivity index (χ1v) is 25.1. The molecule has 1 aromatic heterocycles. The summed E-state index contributed by atoms with van der Waals surface area (Å²) in [6.07, 6.45) is -1.41. The van der Waals surface area contributed by atoms with Crippen molar-refractivity contribution in [3.05, 3.63) is 23.8 Å². The third-order valence-corrected chi connectivity index (χ3v) is 14.4. The second kappa shape index (κ2) is 25.8. The van der Waals surface area contributed by atoms with Gasteiger partial charge in [0.2, 0.25) is 53.2 Å². The molecule has 11 atom stereocenters. The van der Waals surface area contributed by atoms with E-state index in [1.807, 2.05) is 0 Å². The lowest BCUT2D eigenvalue weighted by atomic mass is 9.93. The van der Waals surface area contributed by atoms with Gasteiger partial charge in [-0.3, -0.25) is 47.4 Å². The van der Waals surface area contributed by atoms with Crippen LogP contribution in [0.3, 0.4) is 0 Å². The lowest BCUT2D eigenvalue weighted by molar-refractivity contribution is -0.144. The van der Waals surface area contributed by atoms with Gasteiger partial charge in [-0.2, -0.15) is 0 Å². The Balaban J connectivity index is 1.69. The average molecular weight is 1020 g/mol. The molecule has 0 spiro atoms. The minimum atomic E-state index is -2.39. The fraction of sp³-hybridized carbons (Fsp3) is 0.622. The highest BCUT2D eigenvalue weighted by atomic mass is 32.2. The molecule has 11 unspecified atom stereocenters. The maximum absolute atomic E-state index is 14.8. The molecule has 9 amide bonds. The molecule has 2 aromatic rings. The van der Waals surface area contributed by atoms with E-state index in [0.717, 1.165) is 24.2 Å². The van der Waals surface area contributed by atoms with Crippen molar-refractivity contribution in [3.63, 3.8) is 0 Å². The van der Waals surface area contributed by atoms with Crippen molar-refractivity contribution in [1.82, 2.24) is 52.4 Å². The van der Waals surface area contributed by atoms with Gasteiger partial charge < -0.3 is 78.6 Å². The van der Waals surface area contributed by atoms with Gasteiger partial charge in [0.05, 0.1) is 60.4 Å². The molecule has 4 heterocycles. The van der Waals surface area contributed by atoms with Gasteiger partial charge in [-0.15, -0.1) is 0 Å². The van der Waals surface area contributed by atoms with E-state index in [4.69, 9.17) is 5.73 Å². The second-order valence-corrected chi connectivity index (χ2v) is 19.7. The number of hydrogen-bond donors (Lipinski definition) is 14. The molecule has 5 rings (SSSR count). The molecule has 1 aromatic carbocycles. The van der Waals surface area contributed by atoms with E-state index in [0.29, 0.717) is 19.4 Å². The van der Waals surface area contributed by atoms with Gasteiger partial charge in [-0.05, 0) is 43.0 Å². The number of unbranched alkanes of at least 4 members (excludes halogenated alkanes) is 3. The molecule has 26 heteroatoms.